The van der Waals surface area contributed by atoms with E-state index in [0.717, 1.165) is 11.3 Å². The molecule has 114 valence electrons. The molecular weight excluding hydrogens is 288 g/mol. The fraction of sp³-hybridized carbons (Fsp3) is 0.467. The number of benzene rings is 1. The first kappa shape index (κ1) is 15.7. The van der Waals surface area contributed by atoms with E-state index < -0.39 is 0 Å². The van der Waals surface area contributed by atoms with Crippen LogP contribution in [-0.4, -0.2) is 41.5 Å². The molecule has 0 saturated carbocycles. The number of hydrogen-bond donors (Lipinski definition) is 1. The minimum absolute atomic E-state index is 0.0314. The van der Waals surface area contributed by atoms with Crippen molar-refractivity contribution in [3.63, 3.8) is 0 Å². The van der Waals surface area contributed by atoms with Crippen LogP contribution in [-0.2, 0) is 9.59 Å². The molecule has 0 radical (unpaired) electrons. The predicted molar refractivity (Wildman–Crippen MR) is 83.2 cm³/mol. The van der Waals surface area contributed by atoms with Crippen molar-refractivity contribution in [1.82, 2.24) is 10.2 Å². The summed E-state index contributed by atoms with van der Waals surface area (Å²) in [5, 5.41) is 2.91. The highest BCUT2D eigenvalue weighted by Gasteiger charge is 2.23. The third-order valence-corrected chi connectivity index (χ3v) is 4.17. The van der Waals surface area contributed by atoms with Gasteiger partial charge in [0.05, 0.1) is 24.3 Å². The summed E-state index contributed by atoms with van der Waals surface area (Å²) in [6, 6.07) is 7.56. The van der Waals surface area contributed by atoms with E-state index in [9.17, 15) is 9.59 Å². The van der Waals surface area contributed by atoms with E-state index in [2.05, 4.69) is 5.32 Å². The van der Waals surface area contributed by atoms with E-state index in [1.54, 1.807) is 4.90 Å². The lowest BCUT2D eigenvalue weighted by atomic mass is 10.1. The minimum Gasteiger partial charge on any atom is -0.494 e. The molecule has 2 rings (SSSR count). The van der Waals surface area contributed by atoms with Crippen molar-refractivity contribution >= 4 is 23.6 Å². The zero-order chi connectivity index (χ0) is 15.2. The lowest BCUT2D eigenvalue weighted by molar-refractivity contribution is -0.132. The van der Waals surface area contributed by atoms with Gasteiger partial charge in [-0.3, -0.25) is 9.59 Å². The van der Waals surface area contributed by atoms with Gasteiger partial charge in [-0.05, 0) is 31.5 Å². The third kappa shape index (κ3) is 4.39. The van der Waals surface area contributed by atoms with Crippen LogP contribution in [0, 0.1) is 0 Å². The number of thioether (sulfide) groups is 1. The smallest absolute Gasteiger partial charge is 0.240 e. The van der Waals surface area contributed by atoms with Gasteiger partial charge in [0.1, 0.15) is 12.3 Å². The Hall–Kier alpha value is -1.69. The molecule has 1 unspecified atom stereocenters. The van der Waals surface area contributed by atoms with Gasteiger partial charge in [0.2, 0.25) is 11.8 Å². The fourth-order valence-corrected chi connectivity index (χ4v) is 3.01. The predicted octanol–water partition coefficient (Wildman–Crippen LogP) is 1.80. The quantitative estimate of drug-likeness (QED) is 0.870. The number of rotatable bonds is 6. The molecule has 1 atom stereocenters. The van der Waals surface area contributed by atoms with Gasteiger partial charge in [0.25, 0.3) is 0 Å². The van der Waals surface area contributed by atoms with Crippen LogP contribution >= 0.6 is 11.8 Å². The molecule has 1 fully saturated rings. The van der Waals surface area contributed by atoms with Crippen molar-refractivity contribution in [2.75, 3.05) is 24.8 Å². The highest BCUT2D eigenvalue weighted by molar-refractivity contribution is 8.00. The second-order valence-electron chi connectivity index (χ2n) is 4.86. The zero-order valence-corrected chi connectivity index (χ0v) is 13.1. The van der Waals surface area contributed by atoms with E-state index in [1.807, 2.05) is 38.1 Å². The molecule has 6 heteroatoms. The van der Waals surface area contributed by atoms with Crippen molar-refractivity contribution < 1.29 is 14.3 Å². The van der Waals surface area contributed by atoms with Crippen molar-refractivity contribution in [1.29, 1.82) is 0 Å². The van der Waals surface area contributed by atoms with Crippen LogP contribution in [0.25, 0.3) is 0 Å². The van der Waals surface area contributed by atoms with Crippen molar-refractivity contribution in [2.24, 2.45) is 0 Å². The summed E-state index contributed by atoms with van der Waals surface area (Å²) in [6.45, 7) is 4.63. The summed E-state index contributed by atoms with van der Waals surface area (Å²) in [5.74, 6) is 1.79. The highest BCUT2D eigenvalue weighted by Crippen LogP contribution is 2.18. The molecule has 1 aromatic rings. The Bertz CT molecular complexity index is 504. The third-order valence-electron chi connectivity index (χ3n) is 3.23. The van der Waals surface area contributed by atoms with Crippen molar-refractivity contribution in [3.05, 3.63) is 29.8 Å². The van der Waals surface area contributed by atoms with Crippen molar-refractivity contribution in [2.45, 2.75) is 19.9 Å². The topological polar surface area (TPSA) is 58.6 Å². The Kier molecular flexibility index (Phi) is 5.50. The Morgan fingerprint density at radius 3 is 2.71 bits per heavy atom. The average Bonchev–Trinajstić information content (AvgIpc) is 2.85. The largest absolute Gasteiger partial charge is 0.494 e. The Labute approximate surface area is 129 Å². The molecule has 1 N–H and O–H groups in total. The van der Waals surface area contributed by atoms with Crippen molar-refractivity contribution in [3.8, 4) is 5.75 Å². The molecule has 5 nitrogen and oxygen atoms in total. The normalized spacial score (nSPS) is 15.9. The SMILES string of the molecule is CCOc1ccc(C(C)NC(=O)CN2CSCC2=O)cc1. The fourth-order valence-electron chi connectivity index (χ4n) is 2.10. The molecule has 1 aliphatic heterocycles. The van der Waals surface area contributed by atoms with Crippen LogP contribution in [0.3, 0.4) is 0 Å². The first-order chi connectivity index (χ1) is 10.1. The van der Waals surface area contributed by atoms with Gasteiger partial charge in [-0.25, -0.2) is 0 Å². The monoisotopic (exact) mass is 308 g/mol. The van der Waals surface area contributed by atoms with Gasteiger partial charge < -0.3 is 15.0 Å². The van der Waals surface area contributed by atoms with E-state index >= 15 is 0 Å². The van der Waals surface area contributed by atoms with Crippen LogP contribution in [0.15, 0.2) is 24.3 Å². The van der Waals surface area contributed by atoms with Crippen LogP contribution in [0.2, 0.25) is 0 Å². The number of amides is 2. The maximum Gasteiger partial charge on any atom is 0.240 e. The first-order valence-corrected chi connectivity index (χ1v) is 8.13. The Balaban J connectivity index is 1.86. The van der Waals surface area contributed by atoms with E-state index in [0.29, 0.717) is 18.2 Å². The standard InChI is InChI=1S/C15H20N2O3S/c1-3-20-13-6-4-12(5-7-13)11(2)16-14(18)8-17-10-21-9-15(17)19/h4-7,11H,3,8-10H2,1-2H3,(H,16,18). The van der Waals surface area contributed by atoms with Gasteiger partial charge in [0, 0.05) is 0 Å². The number of carbonyl (C=O) groups excluding carboxylic acids is 2. The van der Waals surface area contributed by atoms with Crippen LogP contribution < -0.4 is 10.1 Å². The molecule has 0 bridgehead atoms. The average molecular weight is 308 g/mol. The second-order valence-corrected chi connectivity index (χ2v) is 5.82. The molecule has 0 aliphatic carbocycles. The summed E-state index contributed by atoms with van der Waals surface area (Å²) < 4.78 is 5.39. The molecule has 1 aliphatic rings. The molecule has 0 aromatic heterocycles. The number of carbonyl (C=O) groups is 2. The number of ether oxygens (including phenoxy) is 1. The van der Waals surface area contributed by atoms with Crippen LogP contribution in [0.5, 0.6) is 5.75 Å². The summed E-state index contributed by atoms with van der Waals surface area (Å²) in [5.41, 5.74) is 1.01. The summed E-state index contributed by atoms with van der Waals surface area (Å²) in [6.07, 6.45) is 0. The molecule has 1 heterocycles. The highest BCUT2D eigenvalue weighted by atomic mass is 32.2. The molecule has 1 saturated heterocycles. The van der Waals surface area contributed by atoms with Gasteiger partial charge in [-0.2, -0.15) is 0 Å². The zero-order valence-electron chi connectivity index (χ0n) is 12.3. The first-order valence-electron chi connectivity index (χ1n) is 6.97. The minimum atomic E-state index is -0.132. The van der Waals surface area contributed by atoms with Gasteiger partial charge in [-0.1, -0.05) is 12.1 Å². The lowest BCUT2D eigenvalue weighted by Crippen LogP contribution is -2.39. The summed E-state index contributed by atoms with van der Waals surface area (Å²) >= 11 is 1.54. The maximum atomic E-state index is 12.0. The lowest BCUT2D eigenvalue weighted by Gasteiger charge is -2.18. The second kappa shape index (κ2) is 7.36. The van der Waals surface area contributed by atoms with Gasteiger partial charge in [-0.15, -0.1) is 11.8 Å². The number of nitrogens with zero attached hydrogens (tertiary/aromatic N) is 1. The molecule has 1 aromatic carbocycles. The van der Waals surface area contributed by atoms with E-state index in [4.69, 9.17) is 4.74 Å². The molecular formula is C15H20N2O3S. The Morgan fingerprint density at radius 2 is 2.14 bits per heavy atom. The molecule has 0 spiro atoms. The van der Waals surface area contributed by atoms with Gasteiger partial charge >= 0.3 is 0 Å². The number of hydrogen-bond acceptors (Lipinski definition) is 4. The number of nitrogens with one attached hydrogen (secondary N) is 1. The summed E-state index contributed by atoms with van der Waals surface area (Å²) in [7, 11) is 0. The Morgan fingerprint density at radius 1 is 1.43 bits per heavy atom. The van der Waals surface area contributed by atoms with E-state index in [-0.39, 0.29) is 24.4 Å². The summed E-state index contributed by atoms with van der Waals surface area (Å²) in [4.78, 5) is 25.0. The van der Waals surface area contributed by atoms with Gasteiger partial charge in [0.15, 0.2) is 0 Å². The molecule has 2 amide bonds. The van der Waals surface area contributed by atoms with Crippen LogP contribution in [0.1, 0.15) is 25.5 Å². The van der Waals surface area contributed by atoms with E-state index in [1.165, 1.54) is 11.8 Å². The van der Waals surface area contributed by atoms with Crippen LogP contribution in [0.4, 0.5) is 0 Å². The maximum absolute atomic E-state index is 12.0. The molecule has 21 heavy (non-hydrogen) atoms.